The van der Waals surface area contributed by atoms with Gasteiger partial charge in [0.05, 0.1) is 5.54 Å². The topological polar surface area (TPSA) is 15.3 Å². The summed E-state index contributed by atoms with van der Waals surface area (Å²) in [5.41, 5.74) is 1.54. The lowest BCUT2D eigenvalue weighted by molar-refractivity contribution is 0.131. The standard InChI is InChI=1S/C18H28N2/c1-18(16-9-4-2-5-10-16)15-20(14-8-13-19-18)17-11-6-3-7-12-17/h2,4-5,9-10,17,19H,3,6-8,11-15H2,1H3. The molecule has 110 valence electrons. The largest absolute Gasteiger partial charge is 0.307 e. The average molecular weight is 272 g/mol. The second-order valence-electron chi connectivity index (χ2n) is 6.74. The number of hydrogen-bond acceptors (Lipinski definition) is 2. The molecule has 1 atom stereocenters. The van der Waals surface area contributed by atoms with Crippen molar-refractivity contribution >= 4 is 0 Å². The van der Waals surface area contributed by atoms with Crippen LogP contribution in [0.5, 0.6) is 0 Å². The Morgan fingerprint density at radius 1 is 1.05 bits per heavy atom. The summed E-state index contributed by atoms with van der Waals surface area (Å²) < 4.78 is 0. The summed E-state index contributed by atoms with van der Waals surface area (Å²) in [6.07, 6.45) is 8.39. The van der Waals surface area contributed by atoms with Crippen LogP contribution < -0.4 is 5.32 Å². The summed E-state index contributed by atoms with van der Waals surface area (Å²) in [6.45, 7) is 5.93. The average Bonchev–Trinajstić information content (AvgIpc) is 2.72. The zero-order chi connectivity index (χ0) is 13.8. The Balaban J connectivity index is 1.77. The molecule has 0 aromatic heterocycles. The third kappa shape index (κ3) is 3.07. The molecule has 20 heavy (non-hydrogen) atoms. The van der Waals surface area contributed by atoms with Crippen LogP contribution in [0.3, 0.4) is 0 Å². The molecule has 2 nitrogen and oxygen atoms in total. The SMILES string of the molecule is CC1(c2ccccc2)CN(C2CCCCC2)CCCN1. The summed E-state index contributed by atoms with van der Waals surface area (Å²) in [5.74, 6) is 0. The van der Waals surface area contributed by atoms with Gasteiger partial charge in [0, 0.05) is 12.6 Å². The Bertz CT molecular complexity index is 411. The summed E-state index contributed by atoms with van der Waals surface area (Å²) in [6, 6.07) is 11.8. The summed E-state index contributed by atoms with van der Waals surface area (Å²) in [5, 5.41) is 3.80. The first-order valence-corrected chi connectivity index (χ1v) is 8.32. The molecule has 0 radical (unpaired) electrons. The van der Waals surface area contributed by atoms with Gasteiger partial charge in [0.2, 0.25) is 0 Å². The van der Waals surface area contributed by atoms with Crippen LogP contribution in [0, 0.1) is 0 Å². The molecule has 2 fully saturated rings. The lowest BCUT2D eigenvalue weighted by Gasteiger charge is -2.39. The van der Waals surface area contributed by atoms with Gasteiger partial charge in [-0.2, -0.15) is 0 Å². The van der Waals surface area contributed by atoms with Gasteiger partial charge in [-0.15, -0.1) is 0 Å². The maximum atomic E-state index is 3.80. The lowest BCUT2D eigenvalue weighted by Crippen LogP contribution is -2.49. The monoisotopic (exact) mass is 272 g/mol. The van der Waals surface area contributed by atoms with Crippen LogP contribution >= 0.6 is 0 Å². The second kappa shape index (κ2) is 6.28. The van der Waals surface area contributed by atoms with Gasteiger partial charge in [0.1, 0.15) is 0 Å². The second-order valence-corrected chi connectivity index (χ2v) is 6.74. The minimum Gasteiger partial charge on any atom is -0.307 e. The minimum atomic E-state index is 0.106. The van der Waals surface area contributed by atoms with Crippen LogP contribution in [0.2, 0.25) is 0 Å². The third-order valence-corrected chi connectivity index (χ3v) is 5.16. The highest BCUT2D eigenvalue weighted by atomic mass is 15.2. The van der Waals surface area contributed by atoms with Gasteiger partial charge < -0.3 is 5.32 Å². The van der Waals surface area contributed by atoms with Gasteiger partial charge in [-0.05, 0) is 44.8 Å². The van der Waals surface area contributed by atoms with E-state index in [1.54, 1.807) is 0 Å². The Morgan fingerprint density at radius 2 is 1.80 bits per heavy atom. The van der Waals surface area contributed by atoms with Crippen molar-refractivity contribution in [1.82, 2.24) is 10.2 Å². The first-order valence-electron chi connectivity index (χ1n) is 8.32. The van der Waals surface area contributed by atoms with E-state index in [2.05, 4.69) is 47.5 Å². The maximum Gasteiger partial charge on any atom is 0.0535 e. The molecule has 2 aliphatic rings. The van der Waals surface area contributed by atoms with Crippen molar-refractivity contribution in [3.63, 3.8) is 0 Å². The molecule has 1 aliphatic heterocycles. The van der Waals surface area contributed by atoms with Crippen LogP contribution in [-0.2, 0) is 5.54 Å². The molecule has 1 aliphatic carbocycles. The van der Waals surface area contributed by atoms with Crippen molar-refractivity contribution in [3.05, 3.63) is 35.9 Å². The van der Waals surface area contributed by atoms with Crippen LogP contribution in [0.4, 0.5) is 0 Å². The molecular formula is C18H28N2. The minimum absolute atomic E-state index is 0.106. The Morgan fingerprint density at radius 3 is 2.55 bits per heavy atom. The predicted octanol–water partition coefficient (Wildman–Crippen LogP) is 3.53. The zero-order valence-corrected chi connectivity index (χ0v) is 12.8. The highest BCUT2D eigenvalue weighted by molar-refractivity contribution is 5.24. The van der Waals surface area contributed by atoms with Gasteiger partial charge in [-0.1, -0.05) is 49.6 Å². The van der Waals surface area contributed by atoms with Crippen LogP contribution in [0.15, 0.2) is 30.3 Å². The quantitative estimate of drug-likeness (QED) is 0.886. The fourth-order valence-electron chi connectivity index (χ4n) is 3.94. The number of nitrogens with zero attached hydrogens (tertiary/aromatic N) is 1. The van der Waals surface area contributed by atoms with Crippen LogP contribution in [0.25, 0.3) is 0 Å². The Hall–Kier alpha value is -0.860. The maximum absolute atomic E-state index is 3.80. The zero-order valence-electron chi connectivity index (χ0n) is 12.8. The molecule has 1 heterocycles. The normalized spacial score (nSPS) is 30.1. The fraction of sp³-hybridized carbons (Fsp3) is 0.667. The number of rotatable bonds is 2. The summed E-state index contributed by atoms with van der Waals surface area (Å²) in [4.78, 5) is 2.77. The van der Waals surface area contributed by atoms with E-state index in [-0.39, 0.29) is 5.54 Å². The van der Waals surface area contributed by atoms with Crippen molar-refractivity contribution in [2.24, 2.45) is 0 Å². The van der Waals surface area contributed by atoms with Gasteiger partial charge >= 0.3 is 0 Å². The highest BCUT2D eigenvalue weighted by Gasteiger charge is 2.33. The third-order valence-electron chi connectivity index (χ3n) is 5.16. The van der Waals surface area contributed by atoms with E-state index in [9.17, 15) is 0 Å². The Labute approximate surface area is 123 Å². The first-order chi connectivity index (χ1) is 9.78. The first kappa shape index (κ1) is 14.1. The molecule has 1 aromatic carbocycles. The molecule has 1 aromatic rings. The van der Waals surface area contributed by atoms with Gasteiger partial charge in [-0.3, -0.25) is 4.90 Å². The van der Waals surface area contributed by atoms with E-state index in [1.807, 2.05) is 0 Å². The molecule has 1 N–H and O–H groups in total. The Kier molecular flexibility index (Phi) is 4.42. The van der Waals surface area contributed by atoms with Crippen molar-refractivity contribution in [3.8, 4) is 0 Å². The van der Waals surface area contributed by atoms with Gasteiger partial charge in [0.25, 0.3) is 0 Å². The number of nitrogens with one attached hydrogen (secondary N) is 1. The molecule has 0 bridgehead atoms. The lowest BCUT2D eigenvalue weighted by atomic mass is 9.89. The van der Waals surface area contributed by atoms with E-state index < -0.39 is 0 Å². The molecule has 1 saturated heterocycles. The van der Waals surface area contributed by atoms with E-state index in [4.69, 9.17) is 0 Å². The van der Waals surface area contributed by atoms with E-state index >= 15 is 0 Å². The molecule has 3 rings (SSSR count). The van der Waals surface area contributed by atoms with Crippen LogP contribution in [-0.4, -0.2) is 30.6 Å². The van der Waals surface area contributed by atoms with Crippen molar-refractivity contribution in [1.29, 1.82) is 0 Å². The molecule has 0 amide bonds. The molecule has 0 spiro atoms. The van der Waals surface area contributed by atoms with E-state index in [1.165, 1.54) is 50.6 Å². The molecule has 1 saturated carbocycles. The van der Waals surface area contributed by atoms with Crippen LogP contribution in [0.1, 0.15) is 51.0 Å². The predicted molar refractivity (Wildman–Crippen MR) is 84.9 cm³/mol. The van der Waals surface area contributed by atoms with Crippen molar-refractivity contribution < 1.29 is 0 Å². The molecule has 1 unspecified atom stereocenters. The highest BCUT2D eigenvalue weighted by Crippen LogP contribution is 2.29. The molecule has 2 heteroatoms. The van der Waals surface area contributed by atoms with Gasteiger partial charge in [-0.25, -0.2) is 0 Å². The summed E-state index contributed by atoms with van der Waals surface area (Å²) in [7, 11) is 0. The van der Waals surface area contributed by atoms with E-state index in [0.29, 0.717) is 0 Å². The van der Waals surface area contributed by atoms with Crippen molar-refractivity contribution in [2.75, 3.05) is 19.6 Å². The molecular weight excluding hydrogens is 244 g/mol. The van der Waals surface area contributed by atoms with E-state index in [0.717, 1.165) is 19.1 Å². The smallest absolute Gasteiger partial charge is 0.0535 e. The van der Waals surface area contributed by atoms with Gasteiger partial charge in [0.15, 0.2) is 0 Å². The number of hydrogen-bond donors (Lipinski definition) is 1. The summed E-state index contributed by atoms with van der Waals surface area (Å²) >= 11 is 0. The fourth-order valence-corrected chi connectivity index (χ4v) is 3.94. The van der Waals surface area contributed by atoms with Crippen molar-refractivity contribution in [2.45, 2.75) is 57.0 Å². The number of benzene rings is 1.